The molecule has 0 saturated carbocycles. The summed E-state index contributed by atoms with van der Waals surface area (Å²) < 4.78 is 1.80. The molecule has 1 aliphatic heterocycles. The summed E-state index contributed by atoms with van der Waals surface area (Å²) in [6, 6.07) is 6.14. The average Bonchev–Trinajstić information content (AvgIpc) is 2.92. The van der Waals surface area contributed by atoms with Crippen LogP contribution < -0.4 is 5.32 Å². The number of hydrogen-bond donors (Lipinski definition) is 1. The van der Waals surface area contributed by atoms with E-state index in [0.717, 1.165) is 43.1 Å². The highest BCUT2D eigenvalue weighted by Gasteiger charge is 2.25. The summed E-state index contributed by atoms with van der Waals surface area (Å²) in [6.07, 6.45) is 3.97. The smallest absolute Gasteiger partial charge is 0.244 e. The quantitative estimate of drug-likeness (QED) is 0.936. The van der Waals surface area contributed by atoms with Gasteiger partial charge < -0.3 is 10.2 Å². The molecule has 0 radical (unpaired) electrons. The summed E-state index contributed by atoms with van der Waals surface area (Å²) in [7, 11) is 1.87. The average molecular weight is 327 g/mol. The summed E-state index contributed by atoms with van der Waals surface area (Å²) in [5, 5.41) is 7.48. The van der Waals surface area contributed by atoms with Gasteiger partial charge >= 0.3 is 0 Å². The first-order chi connectivity index (χ1) is 11.6. The van der Waals surface area contributed by atoms with Gasteiger partial charge in [0.2, 0.25) is 5.91 Å². The molecule has 128 valence electrons. The van der Waals surface area contributed by atoms with E-state index in [1.165, 1.54) is 5.56 Å². The van der Waals surface area contributed by atoms with Crippen LogP contribution >= 0.6 is 0 Å². The van der Waals surface area contributed by atoms with E-state index >= 15 is 0 Å². The SMILES string of the molecule is CNc1cc(C2CCCN(C(=O)Cn3nc(C)cc3C)C2)ccn1. The number of nitrogens with zero attached hydrogens (tertiary/aromatic N) is 4. The number of pyridine rings is 1. The molecule has 1 unspecified atom stereocenters. The monoisotopic (exact) mass is 327 g/mol. The maximum atomic E-state index is 12.7. The highest BCUT2D eigenvalue weighted by Crippen LogP contribution is 2.28. The second kappa shape index (κ2) is 7.03. The van der Waals surface area contributed by atoms with E-state index in [9.17, 15) is 4.79 Å². The van der Waals surface area contributed by atoms with E-state index in [1.807, 2.05) is 38.1 Å². The van der Waals surface area contributed by atoms with Crippen molar-refractivity contribution in [3.8, 4) is 0 Å². The molecule has 0 bridgehead atoms. The normalized spacial score (nSPS) is 17.8. The molecular weight excluding hydrogens is 302 g/mol. The summed E-state index contributed by atoms with van der Waals surface area (Å²) in [4.78, 5) is 18.9. The summed E-state index contributed by atoms with van der Waals surface area (Å²) >= 11 is 0. The van der Waals surface area contributed by atoms with Gasteiger partial charge in [0.15, 0.2) is 0 Å². The zero-order valence-electron chi connectivity index (χ0n) is 14.6. The Morgan fingerprint density at radius 3 is 2.92 bits per heavy atom. The standard InChI is InChI=1S/C18H25N5O/c1-13-9-14(2)23(21-13)12-18(24)22-8-4-5-16(11-22)15-6-7-20-17(10-15)19-3/h6-7,9-10,16H,4-5,8,11-12H2,1-3H3,(H,19,20). The van der Waals surface area contributed by atoms with Crippen molar-refractivity contribution >= 4 is 11.7 Å². The first-order valence-corrected chi connectivity index (χ1v) is 8.49. The Bertz CT molecular complexity index is 724. The minimum atomic E-state index is 0.147. The molecule has 0 aliphatic carbocycles. The van der Waals surface area contributed by atoms with E-state index in [-0.39, 0.29) is 5.91 Å². The van der Waals surface area contributed by atoms with Crippen LogP contribution in [0.4, 0.5) is 5.82 Å². The van der Waals surface area contributed by atoms with Crippen molar-refractivity contribution in [3.05, 3.63) is 41.3 Å². The van der Waals surface area contributed by atoms with Crippen LogP contribution in [0.1, 0.15) is 35.7 Å². The van der Waals surface area contributed by atoms with E-state index in [4.69, 9.17) is 0 Å². The fourth-order valence-corrected chi connectivity index (χ4v) is 3.38. The van der Waals surface area contributed by atoms with Gasteiger partial charge in [-0.05, 0) is 50.5 Å². The fourth-order valence-electron chi connectivity index (χ4n) is 3.38. The highest BCUT2D eigenvalue weighted by atomic mass is 16.2. The summed E-state index contributed by atoms with van der Waals surface area (Å²) in [5.41, 5.74) is 3.23. The molecule has 1 aliphatic rings. The molecule has 6 nitrogen and oxygen atoms in total. The molecule has 0 spiro atoms. The molecule has 6 heteroatoms. The van der Waals surface area contributed by atoms with Crippen molar-refractivity contribution in [2.24, 2.45) is 0 Å². The predicted octanol–water partition coefficient (Wildman–Crippen LogP) is 2.34. The first-order valence-electron chi connectivity index (χ1n) is 8.49. The van der Waals surface area contributed by atoms with E-state index < -0.39 is 0 Å². The second-order valence-corrected chi connectivity index (χ2v) is 6.49. The van der Waals surface area contributed by atoms with E-state index in [1.54, 1.807) is 4.68 Å². The number of aromatic nitrogens is 3. The Morgan fingerprint density at radius 2 is 2.21 bits per heavy atom. The van der Waals surface area contributed by atoms with Crippen molar-refractivity contribution in [2.75, 3.05) is 25.5 Å². The molecule has 1 atom stereocenters. The van der Waals surface area contributed by atoms with E-state index in [2.05, 4.69) is 27.5 Å². The van der Waals surface area contributed by atoms with Gasteiger partial charge in [0, 0.05) is 37.9 Å². The van der Waals surface area contributed by atoms with Crippen LogP contribution in [0, 0.1) is 13.8 Å². The number of aryl methyl sites for hydroxylation is 2. The predicted molar refractivity (Wildman–Crippen MR) is 94.0 cm³/mol. The van der Waals surface area contributed by atoms with Crippen LogP contribution in [-0.2, 0) is 11.3 Å². The topological polar surface area (TPSA) is 63.1 Å². The number of hydrogen-bond acceptors (Lipinski definition) is 4. The number of carbonyl (C=O) groups excluding carboxylic acids is 1. The van der Waals surface area contributed by atoms with Crippen LogP contribution in [0.5, 0.6) is 0 Å². The molecule has 0 aromatic carbocycles. The molecule has 2 aromatic rings. The third kappa shape index (κ3) is 3.58. The molecule has 3 rings (SSSR count). The Kier molecular flexibility index (Phi) is 4.83. The lowest BCUT2D eigenvalue weighted by atomic mass is 9.91. The largest absolute Gasteiger partial charge is 0.373 e. The lowest BCUT2D eigenvalue weighted by Gasteiger charge is -2.33. The molecule has 1 fully saturated rings. The number of piperidine rings is 1. The number of rotatable bonds is 4. The van der Waals surface area contributed by atoms with Crippen molar-refractivity contribution < 1.29 is 4.79 Å². The number of carbonyl (C=O) groups is 1. The zero-order chi connectivity index (χ0) is 17.1. The first kappa shape index (κ1) is 16.5. The molecule has 24 heavy (non-hydrogen) atoms. The molecule has 1 saturated heterocycles. The van der Waals surface area contributed by atoms with Gasteiger partial charge in [0.25, 0.3) is 0 Å². The number of amides is 1. The molecule has 1 N–H and O–H groups in total. The number of likely N-dealkylation sites (tertiary alicyclic amines) is 1. The van der Waals surface area contributed by atoms with Gasteiger partial charge in [-0.2, -0.15) is 5.10 Å². The number of anilines is 1. The van der Waals surface area contributed by atoms with Crippen LogP contribution in [0.25, 0.3) is 0 Å². The Hall–Kier alpha value is -2.37. The Labute approximate surface area is 142 Å². The van der Waals surface area contributed by atoms with E-state index in [0.29, 0.717) is 12.5 Å². The van der Waals surface area contributed by atoms with Gasteiger partial charge in [-0.15, -0.1) is 0 Å². The maximum absolute atomic E-state index is 12.7. The minimum Gasteiger partial charge on any atom is -0.373 e. The molecular formula is C18H25N5O. The van der Waals surface area contributed by atoms with Gasteiger partial charge in [-0.25, -0.2) is 4.98 Å². The molecule has 2 aromatic heterocycles. The Balaban J connectivity index is 1.68. The third-order valence-electron chi connectivity index (χ3n) is 4.67. The van der Waals surface area contributed by atoms with Crippen molar-refractivity contribution in [1.29, 1.82) is 0 Å². The van der Waals surface area contributed by atoms with Crippen LogP contribution in [0.2, 0.25) is 0 Å². The highest BCUT2D eigenvalue weighted by molar-refractivity contribution is 5.76. The van der Waals surface area contributed by atoms with Crippen molar-refractivity contribution in [2.45, 2.75) is 39.2 Å². The lowest BCUT2D eigenvalue weighted by Crippen LogP contribution is -2.41. The summed E-state index contributed by atoms with van der Waals surface area (Å²) in [5.74, 6) is 1.39. The lowest BCUT2D eigenvalue weighted by molar-refractivity contribution is -0.133. The maximum Gasteiger partial charge on any atom is 0.244 e. The summed E-state index contributed by atoms with van der Waals surface area (Å²) in [6.45, 7) is 5.87. The Morgan fingerprint density at radius 1 is 1.38 bits per heavy atom. The van der Waals surface area contributed by atoms with Crippen LogP contribution in [0.15, 0.2) is 24.4 Å². The number of nitrogens with one attached hydrogen (secondary N) is 1. The van der Waals surface area contributed by atoms with Gasteiger partial charge in [-0.1, -0.05) is 0 Å². The third-order valence-corrected chi connectivity index (χ3v) is 4.67. The zero-order valence-corrected chi connectivity index (χ0v) is 14.6. The second-order valence-electron chi connectivity index (χ2n) is 6.49. The fraction of sp³-hybridized carbons (Fsp3) is 0.500. The molecule has 1 amide bonds. The van der Waals surface area contributed by atoms with Gasteiger partial charge in [0.1, 0.15) is 12.4 Å². The van der Waals surface area contributed by atoms with Crippen molar-refractivity contribution in [3.63, 3.8) is 0 Å². The van der Waals surface area contributed by atoms with Crippen LogP contribution in [-0.4, -0.2) is 45.7 Å². The van der Waals surface area contributed by atoms with Crippen molar-refractivity contribution in [1.82, 2.24) is 19.7 Å². The van der Waals surface area contributed by atoms with Gasteiger partial charge in [-0.3, -0.25) is 9.48 Å². The van der Waals surface area contributed by atoms with Gasteiger partial charge in [0.05, 0.1) is 5.69 Å². The minimum absolute atomic E-state index is 0.147. The van der Waals surface area contributed by atoms with Crippen LogP contribution in [0.3, 0.4) is 0 Å². The molecule has 3 heterocycles.